The van der Waals surface area contributed by atoms with Crippen molar-refractivity contribution in [2.45, 2.75) is 33.4 Å². The molecule has 0 aliphatic heterocycles. The van der Waals surface area contributed by atoms with E-state index in [9.17, 15) is 0 Å². The molecule has 182 valence electrons. The minimum absolute atomic E-state index is 0.337. The summed E-state index contributed by atoms with van der Waals surface area (Å²) < 4.78 is 13.7. The minimum Gasteiger partial charge on any atom is -0.493 e. The molecule has 0 spiro atoms. The van der Waals surface area contributed by atoms with Crippen molar-refractivity contribution in [2.75, 3.05) is 12.5 Å². The van der Waals surface area contributed by atoms with Crippen molar-refractivity contribution in [3.63, 3.8) is 0 Å². The van der Waals surface area contributed by atoms with Crippen molar-refractivity contribution in [1.82, 2.24) is 19.7 Å². The average Bonchev–Trinajstić information content (AvgIpc) is 3.22. The van der Waals surface area contributed by atoms with E-state index in [-0.39, 0.29) is 0 Å². The Hall–Kier alpha value is -4.46. The van der Waals surface area contributed by atoms with Gasteiger partial charge in [0.15, 0.2) is 17.1 Å². The second-order valence-electron chi connectivity index (χ2n) is 8.47. The van der Waals surface area contributed by atoms with Gasteiger partial charge in [0.2, 0.25) is 0 Å². The van der Waals surface area contributed by atoms with Crippen molar-refractivity contribution in [3.8, 4) is 11.5 Å². The van der Waals surface area contributed by atoms with Crippen LogP contribution < -0.4 is 14.9 Å². The molecule has 2 heterocycles. The number of benzene rings is 3. The molecule has 0 bridgehead atoms. The van der Waals surface area contributed by atoms with Crippen LogP contribution in [0.2, 0.25) is 0 Å². The van der Waals surface area contributed by atoms with Crippen LogP contribution >= 0.6 is 0 Å². The van der Waals surface area contributed by atoms with Gasteiger partial charge in [0.1, 0.15) is 12.1 Å². The second-order valence-corrected chi connectivity index (χ2v) is 8.47. The predicted molar refractivity (Wildman–Crippen MR) is 143 cm³/mol. The summed E-state index contributed by atoms with van der Waals surface area (Å²) in [5.74, 6) is 1.65. The van der Waals surface area contributed by atoms with Crippen LogP contribution in [0.3, 0.4) is 0 Å². The molecule has 0 aliphatic rings. The molecule has 5 rings (SSSR count). The molecule has 0 aliphatic carbocycles. The maximum absolute atomic E-state index is 6.00. The molecule has 3 aromatic carbocycles. The number of aromatic nitrogens is 4. The van der Waals surface area contributed by atoms with Gasteiger partial charge in [-0.2, -0.15) is 10.1 Å². The first-order valence-electron chi connectivity index (χ1n) is 11.9. The van der Waals surface area contributed by atoms with Crippen LogP contribution in [0.25, 0.3) is 22.1 Å². The van der Waals surface area contributed by atoms with Gasteiger partial charge < -0.3 is 14.0 Å². The Morgan fingerprint density at radius 1 is 1.00 bits per heavy atom. The lowest BCUT2D eigenvalue weighted by Crippen LogP contribution is -2.03. The number of hydrazone groups is 1. The van der Waals surface area contributed by atoms with Crippen molar-refractivity contribution in [2.24, 2.45) is 5.10 Å². The first-order chi connectivity index (χ1) is 17.7. The van der Waals surface area contributed by atoms with Crippen molar-refractivity contribution < 1.29 is 9.47 Å². The first-order valence-corrected chi connectivity index (χ1v) is 11.9. The molecule has 0 fully saturated rings. The molecule has 1 N–H and O–H groups in total. The zero-order valence-electron chi connectivity index (χ0n) is 20.6. The number of methoxy groups -OCH3 is 1. The summed E-state index contributed by atoms with van der Waals surface area (Å²) in [6.45, 7) is 5.54. The molecular formula is C28H28N6O2. The number of rotatable bonds is 9. The molecule has 0 unspecified atom stereocenters. The highest BCUT2D eigenvalue weighted by Gasteiger charge is 2.14. The molecule has 0 radical (unpaired) electrons. The third kappa shape index (κ3) is 4.70. The van der Waals surface area contributed by atoms with Crippen LogP contribution in [0.15, 0.2) is 71.8 Å². The summed E-state index contributed by atoms with van der Waals surface area (Å²) in [5, 5.41) is 14.0. The van der Waals surface area contributed by atoms with Crippen molar-refractivity contribution in [3.05, 3.63) is 83.4 Å². The van der Waals surface area contributed by atoms with Gasteiger partial charge in [-0.15, -0.1) is 10.2 Å². The van der Waals surface area contributed by atoms with Gasteiger partial charge in [0.05, 0.1) is 18.8 Å². The van der Waals surface area contributed by atoms with Gasteiger partial charge in [-0.1, -0.05) is 49.4 Å². The predicted octanol–water partition coefficient (Wildman–Crippen LogP) is 5.73. The number of hydrogen-bond acceptors (Lipinski definition) is 7. The summed E-state index contributed by atoms with van der Waals surface area (Å²) >= 11 is 0. The van der Waals surface area contributed by atoms with Gasteiger partial charge >= 0.3 is 0 Å². The van der Waals surface area contributed by atoms with Crippen LogP contribution in [-0.4, -0.2) is 33.1 Å². The Kier molecular flexibility index (Phi) is 6.75. The summed E-state index contributed by atoms with van der Waals surface area (Å²) in [7, 11) is 1.62. The minimum atomic E-state index is 0.337. The number of para-hydroxylation sites is 1. The van der Waals surface area contributed by atoms with Gasteiger partial charge in [-0.3, -0.25) is 0 Å². The highest BCUT2D eigenvalue weighted by molar-refractivity contribution is 6.04. The number of fused-ring (bicyclic) bond motifs is 3. The molecule has 5 aromatic rings. The van der Waals surface area contributed by atoms with Crippen LogP contribution in [-0.2, 0) is 13.2 Å². The largest absolute Gasteiger partial charge is 0.493 e. The topological polar surface area (TPSA) is 86.5 Å². The quantitative estimate of drug-likeness (QED) is 0.214. The molecule has 36 heavy (non-hydrogen) atoms. The fourth-order valence-corrected chi connectivity index (χ4v) is 4.18. The van der Waals surface area contributed by atoms with E-state index in [1.54, 1.807) is 13.3 Å². The Balaban J connectivity index is 1.32. The fourth-order valence-electron chi connectivity index (χ4n) is 4.18. The highest BCUT2D eigenvalue weighted by atomic mass is 16.5. The van der Waals surface area contributed by atoms with E-state index in [0.29, 0.717) is 24.1 Å². The average molecular weight is 481 g/mol. The summed E-state index contributed by atoms with van der Waals surface area (Å²) in [4.78, 5) is 4.69. The maximum Gasteiger partial charge on any atom is 0.265 e. The number of ether oxygens (including phenoxy) is 2. The van der Waals surface area contributed by atoms with Crippen LogP contribution in [0.1, 0.15) is 30.0 Å². The standard InChI is InChI=1S/C28H28N6O2/c1-4-15-34-23-12-8-7-11-22(23)26-27(34)30-28(33-31-26)32-29-17-20-13-14-24(25(16-20)35-3)36-18-21-10-6-5-9-19(21)2/h5-14,16-17H,4,15,18H2,1-3H3,(H,30,32,33)/b29-17+. The Labute approximate surface area is 209 Å². The third-order valence-corrected chi connectivity index (χ3v) is 6.03. The highest BCUT2D eigenvalue weighted by Crippen LogP contribution is 2.29. The van der Waals surface area contributed by atoms with E-state index in [2.05, 4.69) is 57.3 Å². The molecule has 0 saturated carbocycles. The molecule has 0 amide bonds. The number of nitrogens with zero attached hydrogens (tertiary/aromatic N) is 5. The van der Waals surface area contributed by atoms with E-state index in [0.717, 1.165) is 46.2 Å². The summed E-state index contributed by atoms with van der Waals surface area (Å²) in [6.07, 6.45) is 2.67. The molecule has 8 heteroatoms. The zero-order valence-corrected chi connectivity index (χ0v) is 20.6. The van der Waals surface area contributed by atoms with E-state index in [1.807, 2.05) is 48.5 Å². The molecule has 0 saturated heterocycles. The number of anilines is 1. The number of aryl methyl sites for hydroxylation is 2. The first kappa shape index (κ1) is 23.3. The summed E-state index contributed by atoms with van der Waals surface area (Å²) in [5.41, 5.74) is 8.77. The fraction of sp³-hybridized carbons (Fsp3) is 0.214. The van der Waals surface area contributed by atoms with Gasteiger partial charge in [0.25, 0.3) is 5.95 Å². The zero-order chi connectivity index (χ0) is 24.9. The van der Waals surface area contributed by atoms with E-state index in [1.165, 1.54) is 5.56 Å². The van der Waals surface area contributed by atoms with E-state index >= 15 is 0 Å². The SMILES string of the molecule is CCCn1c2ccccc2c2nnc(N/N=C/c3ccc(OCc4ccccc4C)c(OC)c3)nc21. The lowest BCUT2D eigenvalue weighted by atomic mass is 10.1. The van der Waals surface area contributed by atoms with Crippen molar-refractivity contribution in [1.29, 1.82) is 0 Å². The van der Waals surface area contributed by atoms with Crippen LogP contribution in [0.4, 0.5) is 5.95 Å². The van der Waals surface area contributed by atoms with Crippen molar-refractivity contribution >= 4 is 34.2 Å². The van der Waals surface area contributed by atoms with E-state index < -0.39 is 0 Å². The van der Waals surface area contributed by atoms with Gasteiger partial charge in [-0.25, -0.2) is 5.43 Å². The lowest BCUT2D eigenvalue weighted by Gasteiger charge is -2.12. The normalized spacial score (nSPS) is 11.4. The molecular weight excluding hydrogens is 452 g/mol. The maximum atomic E-state index is 6.00. The smallest absolute Gasteiger partial charge is 0.265 e. The number of nitrogens with one attached hydrogen (secondary N) is 1. The Morgan fingerprint density at radius 2 is 1.83 bits per heavy atom. The second kappa shape index (κ2) is 10.4. The Bertz CT molecular complexity index is 1540. The van der Waals surface area contributed by atoms with E-state index in [4.69, 9.17) is 14.5 Å². The third-order valence-electron chi connectivity index (χ3n) is 6.03. The van der Waals surface area contributed by atoms with Gasteiger partial charge in [-0.05, 0) is 54.3 Å². The Morgan fingerprint density at radius 3 is 2.67 bits per heavy atom. The van der Waals surface area contributed by atoms with Crippen LogP contribution in [0, 0.1) is 6.92 Å². The number of hydrogen-bond donors (Lipinski definition) is 1. The van der Waals surface area contributed by atoms with Gasteiger partial charge in [0, 0.05) is 11.9 Å². The molecule has 2 aromatic heterocycles. The lowest BCUT2D eigenvalue weighted by molar-refractivity contribution is 0.284. The van der Waals surface area contributed by atoms with Crippen LogP contribution in [0.5, 0.6) is 11.5 Å². The summed E-state index contributed by atoms with van der Waals surface area (Å²) in [6, 6.07) is 22.0. The monoisotopic (exact) mass is 480 g/mol. The molecule has 8 nitrogen and oxygen atoms in total. The molecule has 0 atom stereocenters.